The van der Waals surface area contributed by atoms with Crippen LogP contribution in [-0.4, -0.2) is 23.2 Å². The molecule has 0 saturated carbocycles. The summed E-state index contributed by atoms with van der Waals surface area (Å²) in [5.41, 5.74) is 2.01. The number of benzene rings is 1. The van der Waals surface area contributed by atoms with Crippen molar-refractivity contribution >= 4 is 12.4 Å². The first-order valence-electron chi connectivity index (χ1n) is 6.91. The molecule has 6 heteroatoms. The molecule has 0 aliphatic rings. The van der Waals surface area contributed by atoms with Crippen LogP contribution < -0.4 is 5.32 Å². The van der Waals surface area contributed by atoms with E-state index < -0.39 is 0 Å². The van der Waals surface area contributed by atoms with E-state index >= 15 is 0 Å². The number of halogens is 1. The van der Waals surface area contributed by atoms with Gasteiger partial charge in [0.2, 0.25) is 0 Å². The Balaban J connectivity index is 0.00000176. The van der Waals surface area contributed by atoms with Crippen molar-refractivity contribution < 1.29 is 8.94 Å². The third kappa shape index (κ3) is 3.37. The van der Waals surface area contributed by atoms with Gasteiger partial charge in [-0.3, -0.25) is 0 Å². The molecule has 1 unspecified atom stereocenters. The average Bonchev–Trinajstić information content (AvgIpc) is 3.16. The van der Waals surface area contributed by atoms with Gasteiger partial charge in [0.1, 0.15) is 0 Å². The first-order chi connectivity index (χ1) is 10.3. The number of hydrogen-bond acceptors (Lipinski definition) is 5. The van der Waals surface area contributed by atoms with Crippen molar-refractivity contribution in [2.24, 2.45) is 0 Å². The lowest BCUT2D eigenvalue weighted by molar-refractivity contribution is 0.406. The zero-order chi connectivity index (χ0) is 14.7. The van der Waals surface area contributed by atoms with E-state index in [4.69, 9.17) is 8.94 Å². The molecule has 0 fully saturated rings. The van der Waals surface area contributed by atoms with Gasteiger partial charge in [0.25, 0.3) is 5.89 Å². The van der Waals surface area contributed by atoms with E-state index in [0.29, 0.717) is 29.9 Å². The molecule has 2 aromatic heterocycles. The molecule has 0 aliphatic heterocycles. The van der Waals surface area contributed by atoms with Crippen LogP contribution >= 0.6 is 12.4 Å². The second kappa shape index (κ2) is 7.24. The minimum Gasteiger partial charge on any atom is -0.458 e. The molecule has 2 heterocycles. The molecule has 22 heavy (non-hydrogen) atoms. The van der Waals surface area contributed by atoms with Crippen LogP contribution in [0.1, 0.15) is 12.7 Å². The van der Waals surface area contributed by atoms with Gasteiger partial charge in [0.15, 0.2) is 11.6 Å². The van der Waals surface area contributed by atoms with E-state index in [-0.39, 0.29) is 12.4 Å². The molecule has 0 radical (unpaired) electrons. The summed E-state index contributed by atoms with van der Waals surface area (Å²) in [6, 6.07) is 12.2. The second-order valence-corrected chi connectivity index (χ2v) is 4.94. The minimum absolute atomic E-state index is 0. The highest BCUT2D eigenvalue weighted by Gasteiger charge is 2.18. The minimum atomic E-state index is 0. The Morgan fingerprint density at radius 3 is 2.68 bits per heavy atom. The molecule has 1 N–H and O–H groups in total. The van der Waals surface area contributed by atoms with E-state index in [0.717, 1.165) is 11.1 Å². The Morgan fingerprint density at radius 2 is 1.95 bits per heavy atom. The quantitative estimate of drug-likeness (QED) is 0.779. The predicted molar refractivity (Wildman–Crippen MR) is 86.9 cm³/mol. The third-order valence-corrected chi connectivity index (χ3v) is 3.39. The van der Waals surface area contributed by atoms with Gasteiger partial charge in [-0.2, -0.15) is 4.98 Å². The molecule has 1 atom stereocenters. The van der Waals surface area contributed by atoms with Crippen molar-refractivity contribution in [3.05, 3.63) is 48.5 Å². The van der Waals surface area contributed by atoms with Crippen LogP contribution in [0.25, 0.3) is 22.8 Å². The summed E-state index contributed by atoms with van der Waals surface area (Å²) in [6.45, 7) is 2.07. The van der Waals surface area contributed by atoms with E-state index in [1.165, 1.54) is 0 Å². The normalized spacial score (nSPS) is 11.9. The highest BCUT2D eigenvalue weighted by molar-refractivity contribution is 5.85. The molecular formula is C16H18ClN3O2. The molecule has 1 aromatic carbocycles. The Labute approximate surface area is 135 Å². The number of nitrogens with zero attached hydrogens (tertiary/aromatic N) is 2. The SMILES string of the molecule is CNC(C)Cc1noc(-c2occc2-c2ccccc2)n1.Cl. The van der Waals surface area contributed by atoms with E-state index in [1.807, 2.05) is 43.4 Å². The Bertz CT molecular complexity index is 709. The summed E-state index contributed by atoms with van der Waals surface area (Å²) in [5, 5.41) is 7.16. The van der Waals surface area contributed by atoms with Crippen LogP contribution in [0.4, 0.5) is 0 Å². The van der Waals surface area contributed by atoms with Crippen molar-refractivity contribution in [3.63, 3.8) is 0 Å². The molecule has 116 valence electrons. The predicted octanol–water partition coefficient (Wildman–Crippen LogP) is 3.57. The summed E-state index contributed by atoms with van der Waals surface area (Å²) in [7, 11) is 1.91. The molecule has 3 rings (SSSR count). The summed E-state index contributed by atoms with van der Waals surface area (Å²) in [5.74, 6) is 1.69. The number of hydrogen-bond donors (Lipinski definition) is 1. The van der Waals surface area contributed by atoms with Crippen molar-refractivity contribution in [2.75, 3.05) is 7.05 Å². The van der Waals surface area contributed by atoms with Gasteiger partial charge >= 0.3 is 0 Å². The molecule has 0 saturated heterocycles. The number of aromatic nitrogens is 2. The van der Waals surface area contributed by atoms with Crippen LogP contribution in [0.2, 0.25) is 0 Å². The fourth-order valence-electron chi connectivity index (χ4n) is 2.12. The highest BCUT2D eigenvalue weighted by Crippen LogP contribution is 2.32. The largest absolute Gasteiger partial charge is 0.458 e. The summed E-state index contributed by atoms with van der Waals surface area (Å²) in [4.78, 5) is 4.42. The zero-order valence-corrected chi connectivity index (χ0v) is 13.3. The Morgan fingerprint density at radius 1 is 1.18 bits per heavy atom. The monoisotopic (exact) mass is 319 g/mol. The molecule has 0 aliphatic carbocycles. The van der Waals surface area contributed by atoms with Crippen molar-refractivity contribution in [1.82, 2.24) is 15.5 Å². The van der Waals surface area contributed by atoms with Gasteiger partial charge in [-0.05, 0) is 25.6 Å². The van der Waals surface area contributed by atoms with Crippen molar-refractivity contribution in [2.45, 2.75) is 19.4 Å². The summed E-state index contributed by atoms with van der Waals surface area (Å²) >= 11 is 0. The topological polar surface area (TPSA) is 64.1 Å². The molecule has 0 bridgehead atoms. The number of rotatable bonds is 5. The fraction of sp³-hybridized carbons (Fsp3) is 0.250. The summed E-state index contributed by atoms with van der Waals surface area (Å²) in [6.07, 6.45) is 2.35. The Kier molecular flexibility index (Phi) is 5.35. The lowest BCUT2D eigenvalue weighted by Gasteiger charge is -2.04. The second-order valence-electron chi connectivity index (χ2n) is 4.94. The smallest absolute Gasteiger partial charge is 0.294 e. The maximum absolute atomic E-state index is 5.54. The first-order valence-corrected chi connectivity index (χ1v) is 6.91. The van der Waals surface area contributed by atoms with Crippen molar-refractivity contribution in [3.8, 4) is 22.8 Å². The van der Waals surface area contributed by atoms with E-state index in [9.17, 15) is 0 Å². The molecule has 5 nitrogen and oxygen atoms in total. The molecular weight excluding hydrogens is 302 g/mol. The zero-order valence-electron chi connectivity index (χ0n) is 12.4. The summed E-state index contributed by atoms with van der Waals surface area (Å²) < 4.78 is 10.9. The van der Waals surface area contributed by atoms with Gasteiger partial charge in [-0.1, -0.05) is 35.5 Å². The van der Waals surface area contributed by atoms with Crippen LogP contribution in [0.5, 0.6) is 0 Å². The van der Waals surface area contributed by atoms with Gasteiger partial charge in [0, 0.05) is 18.0 Å². The van der Waals surface area contributed by atoms with Gasteiger partial charge < -0.3 is 14.3 Å². The van der Waals surface area contributed by atoms with Crippen LogP contribution in [-0.2, 0) is 6.42 Å². The van der Waals surface area contributed by atoms with Crippen LogP contribution in [0, 0.1) is 0 Å². The lowest BCUT2D eigenvalue weighted by Crippen LogP contribution is -2.24. The van der Waals surface area contributed by atoms with Crippen LogP contribution in [0.15, 0.2) is 51.6 Å². The number of nitrogens with one attached hydrogen (secondary N) is 1. The average molecular weight is 320 g/mol. The van der Waals surface area contributed by atoms with Gasteiger partial charge in [0.05, 0.1) is 6.26 Å². The van der Waals surface area contributed by atoms with Crippen molar-refractivity contribution in [1.29, 1.82) is 0 Å². The highest BCUT2D eigenvalue weighted by atomic mass is 35.5. The third-order valence-electron chi connectivity index (χ3n) is 3.39. The lowest BCUT2D eigenvalue weighted by atomic mass is 10.1. The fourth-order valence-corrected chi connectivity index (χ4v) is 2.12. The standard InChI is InChI=1S/C16H17N3O2.ClH/c1-11(17-2)10-14-18-16(21-19-14)15-13(8-9-20-15)12-6-4-3-5-7-12;/h3-9,11,17H,10H2,1-2H3;1H. The van der Waals surface area contributed by atoms with E-state index in [1.54, 1.807) is 6.26 Å². The molecule has 3 aromatic rings. The first kappa shape index (κ1) is 16.3. The van der Waals surface area contributed by atoms with Gasteiger partial charge in [-0.25, -0.2) is 0 Å². The maximum atomic E-state index is 5.54. The van der Waals surface area contributed by atoms with Crippen LogP contribution in [0.3, 0.4) is 0 Å². The molecule has 0 spiro atoms. The Hall–Kier alpha value is -2.11. The number of furan rings is 1. The maximum Gasteiger partial charge on any atom is 0.294 e. The number of likely N-dealkylation sites (N-methyl/N-ethyl adjacent to an activating group) is 1. The van der Waals surface area contributed by atoms with E-state index in [2.05, 4.69) is 22.4 Å². The molecule has 0 amide bonds. The van der Waals surface area contributed by atoms with Gasteiger partial charge in [-0.15, -0.1) is 12.4 Å².